The Kier molecular flexibility index (Phi) is 2.60. The van der Waals surface area contributed by atoms with Crippen LogP contribution in [0, 0.1) is 0 Å². The summed E-state index contributed by atoms with van der Waals surface area (Å²) in [5.74, 6) is -0.571. The number of aromatic nitrogens is 1. The van der Waals surface area contributed by atoms with Crippen molar-refractivity contribution in [3.63, 3.8) is 0 Å². The lowest BCUT2D eigenvalue weighted by molar-refractivity contribution is 0.0992. The summed E-state index contributed by atoms with van der Waals surface area (Å²) in [4.78, 5) is 11.2. The van der Waals surface area contributed by atoms with Gasteiger partial charge >= 0.3 is 0 Å². The van der Waals surface area contributed by atoms with Gasteiger partial charge in [0.2, 0.25) is 0 Å². The van der Waals surface area contributed by atoms with Crippen molar-refractivity contribution >= 4 is 5.91 Å². The van der Waals surface area contributed by atoms with E-state index >= 15 is 0 Å². The van der Waals surface area contributed by atoms with E-state index in [4.69, 9.17) is 10.3 Å². The number of rotatable bonds is 2. The average Bonchev–Trinajstić information content (AvgIpc) is 2.87. The van der Waals surface area contributed by atoms with E-state index in [-0.39, 0.29) is 5.69 Å². The zero-order valence-electron chi connectivity index (χ0n) is 9.77. The van der Waals surface area contributed by atoms with E-state index < -0.39 is 5.91 Å². The number of benzene rings is 1. The van der Waals surface area contributed by atoms with Crippen LogP contribution in [0.15, 0.2) is 29.0 Å². The predicted octanol–water partition coefficient (Wildman–Crippen LogP) is 1.09. The smallest absolute Gasteiger partial charge is 0.271 e. The molecule has 0 aliphatic carbocycles. The highest BCUT2D eigenvalue weighted by Crippen LogP contribution is 2.26. The Morgan fingerprint density at radius 2 is 2.28 bits per heavy atom. The van der Waals surface area contributed by atoms with Crippen LogP contribution in [0.25, 0.3) is 11.1 Å². The molecule has 92 valence electrons. The lowest BCUT2D eigenvalue weighted by Gasteiger charge is -2.17. The summed E-state index contributed by atoms with van der Waals surface area (Å²) in [5.41, 5.74) is 9.61. The number of nitrogens with zero attached hydrogens (tertiary/aromatic N) is 1. The van der Waals surface area contributed by atoms with Crippen molar-refractivity contribution in [2.45, 2.75) is 13.0 Å². The van der Waals surface area contributed by atoms with Gasteiger partial charge in [-0.05, 0) is 29.7 Å². The molecule has 0 saturated heterocycles. The summed E-state index contributed by atoms with van der Waals surface area (Å²) in [6, 6.07) is 6.11. The molecule has 1 aromatic carbocycles. The minimum Gasteiger partial charge on any atom is -0.364 e. The maximum absolute atomic E-state index is 11.2. The molecule has 3 rings (SSSR count). The number of carbonyl (C=O) groups is 1. The van der Waals surface area contributed by atoms with Crippen LogP contribution < -0.4 is 11.1 Å². The first-order valence-electron chi connectivity index (χ1n) is 5.83. The number of amides is 1. The molecule has 18 heavy (non-hydrogen) atoms. The quantitative estimate of drug-likeness (QED) is 0.827. The van der Waals surface area contributed by atoms with E-state index in [1.54, 1.807) is 0 Å². The van der Waals surface area contributed by atoms with E-state index in [1.807, 2.05) is 6.07 Å². The van der Waals surface area contributed by atoms with E-state index in [2.05, 4.69) is 22.6 Å². The van der Waals surface area contributed by atoms with Gasteiger partial charge < -0.3 is 15.6 Å². The lowest BCUT2D eigenvalue weighted by atomic mass is 9.95. The highest BCUT2D eigenvalue weighted by atomic mass is 16.5. The van der Waals surface area contributed by atoms with Crippen LogP contribution in [0.2, 0.25) is 0 Å². The lowest BCUT2D eigenvalue weighted by Crippen LogP contribution is -2.23. The summed E-state index contributed by atoms with van der Waals surface area (Å²) in [6.45, 7) is 1.87. The first-order valence-corrected chi connectivity index (χ1v) is 5.83. The normalized spacial score (nSPS) is 14.2. The maximum Gasteiger partial charge on any atom is 0.271 e. The van der Waals surface area contributed by atoms with Gasteiger partial charge in [-0.15, -0.1) is 0 Å². The molecule has 1 aliphatic rings. The molecule has 5 heteroatoms. The Hall–Kier alpha value is -2.14. The van der Waals surface area contributed by atoms with Crippen LogP contribution >= 0.6 is 0 Å². The van der Waals surface area contributed by atoms with Gasteiger partial charge in [0.05, 0.1) is 5.56 Å². The molecular weight excluding hydrogens is 230 g/mol. The first kappa shape index (κ1) is 11.0. The zero-order chi connectivity index (χ0) is 12.5. The Balaban J connectivity index is 2.06. The van der Waals surface area contributed by atoms with Crippen LogP contribution in [0.4, 0.5) is 0 Å². The number of fused-ring (bicyclic) bond motifs is 1. The minimum absolute atomic E-state index is 0.184. The minimum atomic E-state index is -0.571. The number of primary amides is 1. The molecule has 0 unspecified atom stereocenters. The third kappa shape index (κ3) is 1.78. The number of hydrogen-bond acceptors (Lipinski definition) is 4. The molecule has 3 N–H and O–H groups in total. The van der Waals surface area contributed by atoms with Crippen molar-refractivity contribution in [1.29, 1.82) is 0 Å². The fraction of sp³-hybridized carbons (Fsp3) is 0.231. The molecule has 1 aliphatic heterocycles. The highest BCUT2D eigenvalue weighted by Gasteiger charge is 2.17. The Morgan fingerprint density at radius 3 is 3.11 bits per heavy atom. The second-order valence-electron chi connectivity index (χ2n) is 4.35. The molecule has 0 bridgehead atoms. The van der Waals surface area contributed by atoms with E-state index in [1.165, 1.54) is 17.4 Å². The van der Waals surface area contributed by atoms with Crippen molar-refractivity contribution in [2.24, 2.45) is 5.73 Å². The second-order valence-corrected chi connectivity index (χ2v) is 4.35. The van der Waals surface area contributed by atoms with Crippen molar-refractivity contribution in [2.75, 3.05) is 6.54 Å². The number of hydrogen-bond donors (Lipinski definition) is 2. The van der Waals surface area contributed by atoms with E-state index in [0.29, 0.717) is 5.56 Å². The molecule has 0 radical (unpaired) electrons. The molecule has 1 aromatic heterocycles. The molecular formula is C13H13N3O2. The highest BCUT2D eigenvalue weighted by molar-refractivity contribution is 5.97. The van der Waals surface area contributed by atoms with Gasteiger partial charge in [-0.3, -0.25) is 4.79 Å². The van der Waals surface area contributed by atoms with Crippen LogP contribution in [-0.4, -0.2) is 17.6 Å². The Bertz CT molecular complexity index is 604. The number of carbonyl (C=O) groups excluding carboxylic acids is 1. The summed E-state index contributed by atoms with van der Waals surface area (Å²) >= 11 is 0. The van der Waals surface area contributed by atoms with Crippen LogP contribution in [0.3, 0.4) is 0 Å². The maximum atomic E-state index is 11.2. The SMILES string of the molecule is NC(=O)c1nocc1-c1ccc2c(c1)CCNC2. The molecule has 5 nitrogen and oxygen atoms in total. The van der Waals surface area contributed by atoms with Gasteiger partial charge in [0.25, 0.3) is 5.91 Å². The fourth-order valence-electron chi connectivity index (χ4n) is 2.26. The Labute approximate surface area is 104 Å². The van der Waals surface area contributed by atoms with Crippen molar-refractivity contribution < 1.29 is 9.32 Å². The van der Waals surface area contributed by atoms with Crippen LogP contribution in [0.5, 0.6) is 0 Å². The zero-order valence-corrected chi connectivity index (χ0v) is 9.77. The van der Waals surface area contributed by atoms with E-state index in [0.717, 1.165) is 25.1 Å². The number of nitrogens with two attached hydrogens (primary N) is 1. The third-order valence-electron chi connectivity index (χ3n) is 3.21. The second kappa shape index (κ2) is 4.27. The van der Waals surface area contributed by atoms with Crippen molar-refractivity contribution in [3.8, 4) is 11.1 Å². The molecule has 0 spiro atoms. The van der Waals surface area contributed by atoms with Gasteiger partial charge in [0.15, 0.2) is 5.69 Å². The molecule has 0 fully saturated rings. The standard InChI is InChI=1S/C13H13N3O2/c14-13(17)12-11(7-18-16-12)9-1-2-10-6-15-4-3-8(10)5-9/h1-2,5,7,15H,3-4,6H2,(H2,14,17). The summed E-state index contributed by atoms with van der Waals surface area (Å²) < 4.78 is 4.84. The largest absolute Gasteiger partial charge is 0.364 e. The van der Waals surface area contributed by atoms with Crippen molar-refractivity contribution in [3.05, 3.63) is 41.3 Å². The fourth-order valence-corrected chi connectivity index (χ4v) is 2.26. The van der Waals surface area contributed by atoms with Crippen molar-refractivity contribution in [1.82, 2.24) is 10.5 Å². The summed E-state index contributed by atoms with van der Waals surface area (Å²) in [5, 5.41) is 6.96. The van der Waals surface area contributed by atoms with Gasteiger partial charge in [0.1, 0.15) is 6.26 Å². The van der Waals surface area contributed by atoms with Gasteiger partial charge in [-0.25, -0.2) is 0 Å². The summed E-state index contributed by atoms with van der Waals surface area (Å²) in [6.07, 6.45) is 2.45. The van der Waals surface area contributed by atoms with Gasteiger partial charge in [0, 0.05) is 6.54 Å². The monoisotopic (exact) mass is 243 g/mol. The number of nitrogens with one attached hydrogen (secondary N) is 1. The summed E-state index contributed by atoms with van der Waals surface area (Å²) in [7, 11) is 0. The van der Waals surface area contributed by atoms with Crippen LogP contribution in [0.1, 0.15) is 21.6 Å². The predicted molar refractivity (Wildman–Crippen MR) is 65.9 cm³/mol. The first-order chi connectivity index (χ1) is 8.75. The molecule has 1 amide bonds. The molecule has 0 atom stereocenters. The molecule has 2 aromatic rings. The van der Waals surface area contributed by atoms with E-state index in [9.17, 15) is 4.79 Å². The Morgan fingerprint density at radius 1 is 1.39 bits per heavy atom. The topological polar surface area (TPSA) is 81.2 Å². The van der Waals surface area contributed by atoms with Gasteiger partial charge in [-0.1, -0.05) is 23.4 Å². The molecule has 0 saturated carbocycles. The van der Waals surface area contributed by atoms with Crippen LogP contribution in [-0.2, 0) is 13.0 Å². The van der Waals surface area contributed by atoms with Gasteiger partial charge in [-0.2, -0.15) is 0 Å². The molecule has 2 heterocycles. The third-order valence-corrected chi connectivity index (χ3v) is 3.21. The average molecular weight is 243 g/mol.